The summed E-state index contributed by atoms with van der Waals surface area (Å²) >= 11 is 6.07. The summed E-state index contributed by atoms with van der Waals surface area (Å²) in [5.74, 6) is 0.0436. The molecule has 0 radical (unpaired) electrons. The van der Waals surface area contributed by atoms with Crippen molar-refractivity contribution in [1.82, 2.24) is 14.4 Å². The molecular formula is C26H23Cl2FN6O. The normalized spacial score (nSPS) is 20.8. The predicted octanol–water partition coefficient (Wildman–Crippen LogP) is 5.31. The van der Waals surface area contributed by atoms with Crippen molar-refractivity contribution in [3.8, 4) is 34.2 Å². The highest BCUT2D eigenvalue weighted by Gasteiger charge is 2.41. The molecule has 4 heterocycles. The van der Waals surface area contributed by atoms with Gasteiger partial charge in [0.2, 0.25) is 5.95 Å². The lowest BCUT2D eigenvalue weighted by atomic mass is 9.97. The Labute approximate surface area is 218 Å². The third-order valence-corrected chi connectivity index (χ3v) is 7.45. The molecule has 2 atom stereocenters. The molecule has 2 aromatic heterocycles. The second kappa shape index (κ2) is 9.25. The number of rotatable bonds is 3. The minimum atomic E-state index is -0.620. The maximum absolute atomic E-state index is 14.7. The number of fused-ring (bicyclic) bond motifs is 3. The molecule has 2 saturated heterocycles. The van der Waals surface area contributed by atoms with Gasteiger partial charge in [0.05, 0.1) is 21.8 Å². The lowest BCUT2D eigenvalue weighted by molar-refractivity contribution is 0.408. The zero-order chi connectivity index (χ0) is 24.3. The summed E-state index contributed by atoms with van der Waals surface area (Å²) in [6.45, 7) is 0. The number of imidazole rings is 1. The van der Waals surface area contributed by atoms with Gasteiger partial charge >= 0.3 is 0 Å². The number of piperidine rings is 1. The Balaban J connectivity index is 0.00000267. The predicted molar refractivity (Wildman–Crippen MR) is 139 cm³/mol. The molecule has 2 aromatic carbocycles. The Morgan fingerprint density at radius 1 is 1.11 bits per heavy atom. The number of aromatic hydroxyl groups is 1. The maximum atomic E-state index is 14.7. The summed E-state index contributed by atoms with van der Waals surface area (Å²) in [6, 6.07) is 12.0. The fourth-order valence-electron chi connectivity index (χ4n) is 5.59. The molecule has 0 spiro atoms. The number of hydrogen-bond acceptors (Lipinski definition) is 6. The van der Waals surface area contributed by atoms with Gasteiger partial charge in [-0.3, -0.25) is 4.40 Å². The standard InChI is InChI=1S/C26H22ClFN6O.ClH/c27-20-6-3-14(10-22(20)35)23-24(15-1-2-16(13-29)21(28)9-15)32-26(33-8-7-31-25(23)33)34-18-4-5-19(34)12-17(30)11-18;/h1-3,6-10,17-19,35H,4-5,11-12,30H2;1H. The van der Waals surface area contributed by atoms with Gasteiger partial charge in [0.25, 0.3) is 0 Å². The minimum absolute atomic E-state index is 0. The molecule has 6 rings (SSSR count). The van der Waals surface area contributed by atoms with Crippen molar-refractivity contribution in [2.45, 2.75) is 43.8 Å². The first-order chi connectivity index (χ1) is 16.9. The van der Waals surface area contributed by atoms with Gasteiger partial charge < -0.3 is 15.7 Å². The van der Waals surface area contributed by atoms with E-state index < -0.39 is 5.82 Å². The van der Waals surface area contributed by atoms with Crippen LogP contribution in [-0.2, 0) is 0 Å². The summed E-state index contributed by atoms with van der Waals surface area (Å²) in [5.41, 5.74) is 9.21. The van der Waals surface area contributed by atoms with Crippen LogP contribution in [0, 0.1) is 17.1 Å². The van der Waals surface area contributed by atoms with Crippen molar-refractivity contribution in [1.29, 1.82) is 5.26 Å². The minimum Gasteiger partial charge on any atom is -0.506 e. The van der Waals surface area contributed by atoms with Crippen LogP contribution < -0.4 is 10.6 Å². The number of halogens is 3. The van der Waals surface area contributed by atoms with Crippen LogP contribution >= 0.6 is 24.0 Å². The average molecular weight is 525 g/mol. The number of nitrogens with zero attached hydrogens (tertiary/aromatic N) is 5. The molecule has 2 fully saturated rings. The fourth-order valence-corrected chi connectivity index (χ4v) is 5.71. The van der Waals surface area contributed by atoms with Gasteiger partial charge in [-0.15, -0.1) is 12.4 Å². The van der Waals surface area contributed by atoms with E-state index in [0.717, 1.165) is 31.6 Å². The van der Waals surface area contributed by atoms with E-state index in [0.29, 0.717) is 28.0 Å². The molecule has 2 bridgehead atoms. The highest BCUT2D eigenvalue weighted by Crippen LogP contribution is 2.43. The van der Waals surface area contributed by atoms with E-state index in [9.17, 15) is 14.8 Å². The molecule has 7 nitrogen and oxygen atoms in total. The third kappa shape index (κ3) is 3.84. The Hall–Kier alpha value is -3.38. The van der Waals surface area contributed by atoms with Gasteiger partial charge in [-0.1, -0.05) is 23.7 Å². The second-order valence-electron chi connectivity index (χ2n) is 9.25. The smallest absolute Gasteiger partial charge is 0.212 e. The van der Waals surface area contributed by atoms with Crippen LogP contribution in [0.3, 0.4) is 0 Å². The molecule has 10 heteroatoms. The summed E-state index contributed by atoms with van der Waals surface area (Å²) < 4.78 is 16.7. The lowest BCUT2D eigenvalue weighted by Gasteiger charge is -2.39. The molecule has 2 aliphatic rings. The largest absolute Gasteiger partial charge is 0.506 e. The Morgan fingerprint density at radius 3 is 2.50 bits per heavy atom. The highest BCUT2D eigenvalue weighted by atomic mass is 35.5. The second-order valence-corrected chi connectivity index (χ2v) is 9.66. The Morgan fingerprint density at radius 2 is 1.83 bits per heavy atom. The first kappa shape index (κ1) is 24.3. The number of phenols is 1. The van der Waals surface area contributed by atoms with Crippen LogP contribution in [0.1, 0.15) is 31.2 Å². The SMILES string of the molecule is Cl.N#Cc1ccc(-c2nc(N3C4CCC3CC(N)C4)n3ccnc3c2-c2ccc(Cl)c(O)c2)cc1F. The van der Waals surface area contributed by atoms with E-state index in [1.54, 1.807) is 30.5 Å². The molecular weight excluding hydrogens is 502 g/mol. The monoisotopic (exact) mass is 524 g/mol. The van der Waals surface area contributed by atoms with Gasteiger partial charge in [-0.25, -0.2) is 14.4 Å². The molecule has 0 aliphatic carbocycles. The van der Waals surface area contributed by atoms with E-state index in [1.165, 1.54) is 12.1 Å². The quantitative estimate of drug-likeness (QED) is 0.376. The van der Waals surface area contributed by atoms with E-state index >= 15 is 0 Å². The maximum Gasteiger partial charge on any atom is 0.212 e. The highest BCUT2D eigenvalue weighted by molar-refractivity contribution is 6.32. The number of anilines is 1. The number of hydrogen-bond donors (Lipinski definition) is 2. The fraction of sp³-hybridized carbons (Fsp3) is 0.269. The van der Waals surface area contributed by atoms with Crippen molar-refractivity contribution in [2.24, 2.45) is 5.73 Å². The lowest BCUT2D eigenvalue weighted by Crippen LogP contribution is -2.48. The Bertz CT molecular complexity index is 1500. The van der Waals surface area contributed by atoms with Crippen molar-refractivity contribution in [3.63, 3.8) is 0 Å². The summed E-state index contributed by atoms with van der Waals surface area (Å²) in [7, 11) is 0. The third-order valence-electron chi connectivity index (χ3n) is 7.13. The van der Waals surface area contributed by atoms with Crippen molar-refractivity contribution >= 4 is 35.6 Å². The van der Waals surface area contributed by atoms with E-state index in [4.69, 9.17) is 22.3 Å². The van der Waals surface area contributed by atoms with Crippen LogP contribution in [0.15, 0.2) is 48.8 Å². The van der Waals surface area contributed by atoms with Gasteiger partial charge in [0.15, 0.2) is 0 Å². The van der Waals surface area contributed by atoms with E-state index in [1.807, 2.05) is 16.7 Å². The van der Waals surface area contributed by atoms with Crippen LogP contribution in [0.4, 0.5) is 10.3 Å². The molecule has 0 amide bonds. The molecule has 184 valence electrons. The number of benzene rings is 2. The number of phenolic OH excluding ortho intramolecular Hbond substituents is 1. The molecule has 3 N–H and O–H groups in total. The zero-order valence-corrected chi connectivity index (χ0v) is 20.7. The van der Waals surface area contributed by atoms with Crippen LogP contribution in [0.5, 0.6) is 5.75 Å². The van der Waals surface area contributed by atoms with Crippen LogP contribution in [0.2, 0.25) is 5.02 Å². The van der Waals surface area contributed by atoms with Gasteiger partial charge in [0.1, 0.15) is 23.3 Å². The average Bonchev–Trinajstić information content (AvgIpc) is 3.43. The van der Waals surface area contributed by atoms with Crippen molar-refractivity contribution in [2.75, 3.05) is 4.90 Å². The molecule has 4 aromatic rings. The van der Waals surface area contributed by atoms with Crippen molar-refractivity contribution < 1.29 is 9.50 Å². The summed E-state index contributed by atoms with van der Waals surface area (Å²) in [4.78, 5) is 12.1. The molecule has 2 unspecified atom stereocenters. The van der Waals surface area contributed by atoms with Crippen LogP contribution in [-0.4, -0.2) is 37.6 Å². The van der Waals surface area contributed by atoms with Gasteiger partial charge in [0, 0.05) is 36.1 Å². The number of aromatic nitrogens is 3. The summed E-state index contributed by atoms with van der Waals surface area (Å²) in [6.07, 6.45) is 7.45. The molecule has 36 heavy (non-hydrogen) atoms. The molecule has 2 aliphatic heterocycles. The topological polar surface area (TPSA) is 103 Å². The first-order valence-electron chi connectivity index (χ1n) is 11.5. The van der Waals surface area contributed by atoms with E-state index in [2.05, 4.69) is 9.88 Å². The summed E-state index contributed by atoms with van der Waals surface area (Å²) in [5, 5.41) is 19.8. The first-order valence-corrected chi connectivity index (χ1v) is 11.9. The Kier molecular flexibility index (Phi) is 6.25. The van der Waals surface area contributed by atoms with Gasteiger partial charge in [-0.2, -0.15) is 5.26 Å². The zero-order valence-electron chi connectivity index (χ0n) is 19.1. The molecule has 0 saturated carbocycles. The van der Waals surface area contributed by atoms with E-state index in [-0.39, 0.29) is 46.9 Å². The van der Waals surface area contributed by atoms with Gasteiger partial charge in [-0.05, 0) is 55.5 Å². The van der Waals surface area contributed by atoms with Crippen LogP contribution in [0.25, 0.3) is 28.0 Å². The van der Waals surface area contributed by atoms with Crippen molar-refractivity contribution in [3.05, 3.63) is 65.2 Å². The number of nitrogens with two attached hydrogens (primary N) is 1. The number of nitriles is 1.